The normalized spacial score (nSPS) is 11.3. The molecule has 0 aliphatic rings. The quantitative estimate of drug-likeness (QED) is 0.622. The average molecular weight is 224 g/mol. The van der Waals surface area contributed by atoms with Crippen LogP contribution in [0.1, 0.15) is 18.1 Å². The van der Waals surface area contributed by atoms with Crippen molar-refractivity contribution >= 4 is 11.4 Å². The van der Waals surface area contributed by atoms with E-state index in [1.165, 1.54) is 11.1 Å². The molecular formula is C15H16N2. The third-order valence-electron chi connectivity index (χ3n) is 2.66. The van der Waals surface area contributed by atoms with Gasteiger partial charge in [0, 0.05) is 5.56 Å². The largest absolute Gasteiger partial charge is 0.278 e. The van der Waals surface area contributed by atoms with Crippen LogP contribution >= 0.6 is 0 Å². The van der Waals surface area contributed by atoms with Gasteiger partial charge in [-0.2, -0.15) is 5.10 Å². The van der Waals surface area contributed by atoms with E-state index >= 15 is 0 Å². The van der Waals surface area contributed by atoms with E-state index in [0.29, 0.717) is 0 Å². The molecule has 0 fully saturated rings. The third-order valence-corrected chi connectivity index (χ3v) is 2.66. The molecule has 0 radical (unpaired) electrons. The summed E-state index contributed by atoms with van der Waals surface area (Å²) < 4.78 is 0. The number of hydrazone groups is 1. The molecule has 2 heteroatoms. The molecular weight excluding hydrogens is 208 g/mol. The molecule has 17 heavy (non-hydrogen) atoms. The van der Waals surface area contributed by atoms with Gasteiger partial charge in [0.2, 0.25) is 0 Å². The van der Waals surface area contributed by atoms with Crippen LogP contribution in [0.2, 0.25) is 0 Å². The Balaban J connectivity index is 2.16. The molecule has 2 aromatic rings. The van der Waals surface area contributed by atoms with Gasteiger partial charge in [-0.15, -0.1) is 0 Å². The van der Waals surface area contributed by atoms with Crippen LogP contribution in [0.25, 0.3) is 0 Å². The minimum Gasteiger partial charge on any atom is -0.278 e. The Hall–Kier alpha value is -2.09. The minimum atomic E-state index is 0.993. The van der Waals surface area contributed by atoms with E-state index in [1.807, 2.05) is 49.4 Å². The van der Waals surface area contributed by atoms with Gasteiger partial charge in [-0.05, 0) is 31.5 Å². The van der Waals surface area contributed by atoms with Crippen LogP contribution in [0.15, 0.2) is 59.7 Å². The van der Waals surface area contributed by atoms with Gasteiger partial charge >= 0.3 is 0 Å². The summed E-state index contributed by atoms with van der Waals surface area (Å²) in [5.74, 6) is 0. The Morgan fingerprint density at radius 1 is 0.941 bits per heavy atom. The second-order valence-electron chi connectivity index (χ2n) is 3.99. The van der Waals surface area contributed by atoms with Gasteiger partial charge < -0.3 is 0 Å². The first kappa shape index (κ1) is 11.4. The summed E-state index contributed by atoms with van der Waals surface area (Å²) in [5.41, 5.74) is 7.47. The van der Waals surface area contributed by atoms with Gasteiger partial charge in [0.05, 0.1) is 11.4 Å². The third kappa shape index (κ3) is 2.94. The molecule has 2 rings (SSSR count). The Labute approximate surface area is 102 Å². The molecule has 86 valence electrons. The fourth-order valence-electron chi connectivity index (χ4n) is 1.70. The molecule has 0 unspecified atom stereocenters. The Kier molecular flexibility index (Phi) is 3.55. The maximum Gasteiger partial charge on any atom is 0.0651 e. The highest BCUT2D eigenvalue weighted by Gasteiger charge is 2.00. The molecule has 0 spiro atoms. The molecule has 0 aliphatic heterocycles. The average Bonchev–Trinajstić information content (AvgIpc) is 2.38. The van der Waals surface area contributed by atoms with E-state index < -0.39 is 0 Å². The summed E-state index contributed by atoms with van der Waals surface area (Å²) in [6.07, 6.45) is 0. The van der Waals surface area contributed by atoms with Crippen LogP contribution in [0, 0.1) is 6.92 Å². The second kappa shape index (κ2) is 5.30. The lowest BCUT2D eigenvalue weighted by atomic mass is 10.1. The van der Waals surface area contributed by atoms with E-state index in [4.69, 9.17) is 0 Å². The number of nitrogens with one attached hydrogen (secondary N) is 1. The van der Waals surface area contributed by atoms with Gasteiger partial charge in [0.25, 0.3) is 0 Å². The number of hydrogen-bond donors (Lipinski definition) is 1. The van der Waals surface area contributed by atoms with Crippen molar-refractivity contribution in [2.45, 2.75) is 13.8 Å². The van der Waals surface area contributed by atoms with Crippen molar-refractivity contribution in [1.29, 1.82) is 0 Å². The van der Waals surface area contributed by atoms with Gasteiger partial charge in [-0.3, -0.25) is 5.43 Å². The maximum absolute atomic E-state index is 4.39. The number of hydrogen-bond acceptors (Lipinski definition) is 2. The lowest BCUT2D eigenvalue weighted by molar-refractivity contribution is 1.31. The molecule has 2 aromatic carbocycles. The standard InChI is InChI=1S/C15H16N2/c1-12-8-6-7-11-15(12)13(2)16-17-14-9-4-3-5-10-14/h3-11,17H,1-2H3/b16-13+. The Morgan fingerprint density at radius 2 is 1.59 bits per heavy atom. The van der Waals surface area contributed by atoms with Crippen molar-refractivity contribution in [2.24, 2.45) is 5.10 Å². The molecule has 1 N–H and O–H groups in total. The van der Waals surface area contributed by atoms with Gasteiger partial charge in [0.15, 0.2) is 0 Å². The molecule has 0 saturated carbocycles. The summed E-state index contributed by atoms with van der Waals surface area (Å²) >= 11 is 0. The van der Waals surface area contributed by atoms with Crippen molar-refractivity contribution in [2.75, 3.05) is 5.43 Å². The minimum absolute atomic E-state index is 0.993. The highest BCUT2D eigenvalue weighted by atomic mass is 15.3. The number of nitrogens with zero attached hydrogens (tertiary/aromatic N) is 1. The summed E-state index contributed by atoms with van der Waals surface area (Å²) in [7, 11) is 0. The first-order valence-electron chi connectivity index (χ1n) is 5.69. The predicted molar refractivity (Wildman–Crippen MR) is 73.5 cm³/mol. The van der Waals surface area contributed by atoms with Crippen molar-refractivity contribution < 1.29 is 0 Å². The summed E-state index contributed by atoms with van der Waals surface area (Å²) in [5, 5.41) is 4.39. The SMILES string of the molecule is C/C(=N\Nc1ccccc1)c1ccccc1C. The molecule has 2 nitrogen and oxygen atoms in total. The summed E-state index contributed by atoms with van der Waals surface area (Å²) in [4.78, 5) is 0. The zero-order valence-corrected chi connectivity index (χ0v) is 10.1. The lowest BCUT2D eigenvalue weighted by Gasteiger charge is -2.06. The van der Waals surface area contributed by atoms with Crippen LogP contribution in [0.4, 0.5) is 5.69 Å². The first-order chi connectivity index (χ1) is 8.27. The molecule has 0 aliphatic carbocycles. The lowest BCUT2D eigenvalue weighted by Crippen LogP contribution is -2.01. The molecule has 0 aromatic heterocycles. The topological polar surface area (TPSA) is 24.4 Å². The fraction of sp³-hybridized carbons (Fsp3) is 0.133. The molecule has 0 amide bonds. The molecule has 0 saturated heterocycles. The predicted octanol–water partition coefficient (Wildman–Crippen LogP) is 3.83. The van der Waals surface area contributed by atoms with E-state index in [2.05, 4.69) is 29.6 Å². The summed E-state index contributed by atoms with van der Waals surface area (Å²) in [6.45, 7) is 4.11. The highest BCUT2D eigenvalue weighted by molar-refractivity contribution is 6.00. The maximum atomic E-state index is 4.39. The van der Waals surface area contributed by atoms with Crippen LogP contribution in [0.3, 0.4) is 0 Å². The summed E-state index contributed by atoms with van der Waals surface area (Å²) in [6, 6.07) is 18.2. The van der Waals surface area contributed by atoms with Crippen molar-refractivity contribution in [3.8, 4) is 0 Å². The number of rotatable bonds is 3. The zero-order chi connectivity index (χ0) is 12.1. The molecule has 0 bridgehead atoms. The number of aryl methyl sites for hydroxylation is 1. The number of anilines is 1. The van der Waals surface area contributed by atoms with Gasteiger partial charge in [-0.1, -0.05) is 42.5 Å². The van der Waals surface area contributed by atoms with Crippen LogP contribution in [0.5, 0.6) is 0 Å². The Bertz CT molecular complexity index is 515. The van der Waals surface area contributed by atoms with Crippen molar-refractivity contribution in [3.63, 3.8) is 0 Å². The fourth-order valence-corrected chi connectivity index (χ4v) is 1.70. The highest BCUT2D eigenvalue weighted by Crippen LogP contribution is 2.10. The van der Waals surface area contributed by atoms with Crippen molar-refractivity contribution in [3.05, 3.63) is 65.7 Å². The smallest absolute Gasteiger partial charge is 0.0651 e. The first-order valence-corrected chi connectivity index (χ1v) is 5.69. The Morgan fingerprint density at radius 3 is 2.29 bits per heavy atom. The van der Waals surface area contributed by atoms with Crippen LogP contribution in [-0.4, -0.2) is 5.71 Å². The molecule has 0 heterocycles. The number of benzene rings is 2. The molecule has 0 atom stereocenters. The van der Waals surface area contributed by atoms with Gasteiger partial charge in [0.1, 0.15) is 0 Å². The van der Waals surface area contributed by atoms with Crippen LogP contribution in [-0.2, 0) is 0 Å². The monoisotopic (exact) mass is 224 g/mol. The van der Waals surface area contributed by atoms with Crippen LogP contribution < -0.4 is 5.43 Å². The second-order valence-corrected chi connectivity index (χ2v) is 3.99. The van der Waals surface area contributed by atoms with E-state index in [1.54, 1.807) is 0 Å². The van der Waals surface area contributed by atoms with Crippen molar-refractivity contribution in [1.82, 2.24) is 0 Å². The van der Waals surface area contributed by atoms with E-state index in [9.17, 15) is 0 Å². The van der Waals surface area contributed by atoms with E-state index in [0.717, 1.165) is 11.4 Å². The zero-order valence-electron chi connectivity index (χ0n) is 10.1. The number of para-hydroxylation sites is 1. The van der Waals surface area contributed by atoms with Gasteiger partial charge in [-0.25, -0.2) is 0 Å². The van der Waals surface area contributed by atoms with E-state index in [-0.39, 0.29) is 0 Å².